The Kier molecular flexibility index (Phi) is 4.69. The molecule has 1 aliphatic carbocycles. The first-order valence-corrected chi connectivity index (χ1v) is 10.3. The monoisotopic (exact) mass is 441 g/mol. The summed E-state index contributed by atoms with van der Waals surface area (Å²) >= 11 is 0. The van der Waals surface area contributed by atoms with Gasteiger partial charge in [-0.05, 0) is 49.6 Å². The normalized spacial score (nSPS) is 18.3. The number of aromatic nitrogens is 2. The molecule has 8 heteroatoms. The molecule has 2 aromatic carbocycles. The van der Waals surface area contributed by atoms with E-state index in [-0.39, 0.29) is 11.5 Å². The molecular formula is C24H19F4N3O. The van der Waals surface area contributed by atoms with Crippen LogP contribution in [0.1, 0.15) is 47.6 Å². The standard InChI is InChI=1S/C24H19F4N3O/c1-13-20-21(14-9-11-15(25)12-10-14)22-17(6-4-8-19(22)32)29-23(20)31(30-13)18-7-3-2-5-16(18)24(26,27)28/h2-3,5,7,9-12,21,29H,4,6,8H2,1H3. The number of carbonyl (C=O) groups is 1. The van der Waals surface area contributed by atoms with Gasteiger partial charge >= 0.3 is 6.18 Å². The van der Waals surface area contributed by atoms with Crippen LogP contribution in [0.25, 0.3) is 5.69 Å². The van der Waals surface area contributed by atoms with Crippen LogP contribution in [0, 0.1) is 12.7 Å². The fourth-order valence-corrected chi connectivity index (χ4v) is 4.68. The smallest absolute Gasteiger partial charge is 0.343 e. The van der Waals surface area contributed by atoms with Gasteiger partial charge in [0.15, 0.2) is 5.78 Å². The van der Waals surface area contributed by atoms with Crippen molar-refractivity contribution in [2.24, 2.45) is 0 Å². The van der Waals surface area contributed by atoms with Gasteiger partial charge in [0, 0.05) is 29.2 Å². The van der Waals surface area contributed by atoms with E-state index >= 15 is 0 Å². The molecule has 2 aliphatic rings. The molecule has 1 aromatic heterocycles. The molecule has 1 N–H and O–H groups in total. The molecule has 0 radical (unpaired) electrons. The predicted molar refractivity (Wildman–Crippen MR) is 111 cm³/mol. The van der Waals surface area contributed by atoms with Crippen LogP contribution < -0.4 is 5.32 Å². The van der Waals surface area contributed by atoms with Crippen molar-refractivity contribution in [1.82, 2.24) is 9.78 Å². The summed E-state index contributed by atoms with van der Waals surface area (Å²) in [5.74, 6) is -0.538. The van der Waals surface area contributed by atoms with Crippen molar-refractivity contribution >= 4 is 11.6 Å². The third kappa shape index (κ3) is 3.21. The van der Waals surface area contributed by atoms with Crippen molar-refractivity contribution in [2.75, 3.05) is 5.32 Å². The molecule has 0 spiro atoms. The number of hydrogen-bond donors (Lipinski definition) is 1. The lowest BCUT2D eigenvalue weighted by Crippen LogP contribution is -2.27. The first-order valence-electron chi connectivity index (χ1n) is 10.3. The third-order valence-electron chi connectivity index (χ3n) is 6.05. The molecule has 1 atom stereocenters. The highest BCUT2D eigenvalue weighted by Gasteiger charge is 2.40. The summed E-state index contributed by atoms with van der Waals surface area (Å²) in [5, 5.41) is 7.68. The molecule has 0 saturated carbocycles. The molecule has 32 heavy (non-hydrogen) atoms. The van der Waals surface area contributed by atoms with Gasteiger partial charge in [0.25, 0.3) is 0 Å². The van der Waals surface area contributed by atoms with E-state index < -0.39 is 23.5 Å². The molecule has 1 unspecified atom stereocenters. The molecule has 0 saturated heterocycles. The SMILES string of the molecule is Cc1nn(-c2ccccc2C(F)(F)F)c2c1C(c1ccc(F)cc1)C1=C(CCCC1=O)N2. The van der Waals surface area contributed by atoms with Crippen molar-refractivity contribution in [3.05, 3.63) is 88.0 Å². The lowest BCUT2D eigenvalue weighted by atomic mass is 9.76. The van der Waals surface area contributed by atoms with Crippen molar-refractivity contribution in [1.29, 1.82) is 0 Å². The maximum absolute atomic E-state index is 13.7. The predicted octanol–water partition coefficient (Wildman–Crippen LogP) is 5.90. The van der Waals surface area contributed by atoms with Gasteiger partial charge in [-0.3, -0.25) is 4.79 Å². The van der Waals surface area contributed by atoms with Gasteiger partial charge in [-0.2, -0.15) is 18.3 Å². The summed E-state index contributed by atoms with van der Waals surface area (Å²) in [6.07, 6.45) is -2.90. The molecule has 164 valence electrons. The average molecular weight is 441 g/mol. The van der Waals surface area contributed by atoms with Crippen molar-refractivity contribution in [3.63, 3.8) is 0 Å². The zero-order chi connectivity index (χ0) is 22.6. The zero-order valence-electron chi connectivity index (χ0n) is 17.1. The molecule has 2 heterocycles. The highest BCUT2D eigenvalue weighted by molar-refractivity contribution is 6.01. The number of allylic oxidation sites excluding steroid dienone is 2. The number of alkyl halides is 3. The number of hydrogen-bond acceptors (Lipinski definition) is 3. The Morgan fingerprint density at radius 1 is 1.06 bits per heavy atom. The van der Waals surface area contributed by atoms with Gasteiger partial charge in [-0.25, -0.2) is 9.07 Å². The fourth-order valence-electron chi connectivity index (χ4n) is 4.68. The van der Waals surface area contributed by atoms with Crippen LogP contribution >= 0.6 is 0 Å². The van der Waals surface area contributed by atoms with Crippen LogP contribution in [0.5, 0.6) is 0 Å². The van der Waals surface area contributed by atoms with Crippen molar-refractivity contribution < 1.29 is 22.4 Å². The largest absolute Gasteiger partial charge is 0.418 e. The number of para-hydroxylation sites is 1. The van der Waals surface area contributed by atoms with Gasteiger partial charge in [-0.15, -0.1) is 0 Å². The van der Waals surface area contributed by atoms with E-state index in [4.69, 9.17) is 0 Å². The number of nitrogens with zero attached hydrogens (tertiary/aromatic N) is 2. The number of carbonyl (C=O) groups excluding carboxylic acids is 1. The second-order valence-corrected chi connectivity index (χ2v) is 8.05. The number of Topliss-reactive ketones (excluding diaryl/α,β-unsaturated/α-hetero) is 1. The summed E-state index contributed by atoms with van der Waals surface area (Å²) in [6, 6.07) is 11.1. The number of fused-ring (bicyclic) bond motifs is 1. The summed E-state index contributed by atoms with van der Waals surface area (Å²) in [6.45, 7) is 1.71. The summed E-state index contributed by atoms with van der Waals surface area (Å²) in [7, 11) is 0. The lowest BCUT2D eigenvalue weighted by Gasteiger charge is -2.33. The van der Waals surface area contributed by atoms with Crippen LogP contribution in [0.15, 0.2) is 59.8 Å². The van der Waals surface area contributed by atoms with Crippen molar-refractivity contribution in [3.8, 4) is 5.69 Å². The van der Waals surface area contributed by atoms with Gasteiger partial charge < -0.3 is 5.32 Å². The zero-order valence-corrected chi connectivity index (χ0v) is 17.1. The van der Waals surface area contributed by atoms with Gasteiger partial charge in [-0.1, -0.05) is 24.3 Å². The van der Waals surface area contributed by atoms with Crippen LogP contribution in [-0.4, -0.2) is 15.6 Å². The van der Waals surface area contributed by atoms with E-state index in [2.05, 4.69) is 10.4 Å². The number of rotatable bonds is 2. The average Bonchev–Trinajstić information content (AvgIpc) is 3.09. The number of benzene rings is 2. The summed E-state index contributed by atoms with van der Waals surface area (Å²) in [5.41, 5.74) is 2.21. The van der Waals surface area contributed by atoms with Gasteiger partial charge in [0.05, 0.1) is 16.9 Å². The molecule has 0 fully saturated rings. The van der Waals surface area contributed by atoms with E-state index in [9.17, 15) is 22.4 Å². The molecule has 1 aliphatic heterocycles. The fraction of sp³-hybridized carbons (Fsp3) is 0.250. The van der Waals surface area contributed by atoms with E-state index in [0.717, 1.165) is 6.07 Å². The number of ketones is 1. The quantitative estimate of drug-likeness (QED) is 0.504. The third-order valence-corrected chi connectivity index (χ3v) is 6.05. The minimum atomic E-state index is -4.56. The Bertz CT molecular complexity index is 1260. The molecule has 3 aromatic rings. The molecule has 0 amide bonds. The molecule has 5 rings (SSSR count). The Labute approximate surface area is 181 Å². The van der Waals surface area contributed by atoms with Gasteiger partial charge in [0.2, 0.25) is 0 Å². The Hall–Kier alpha value is -3.42. The molecule has 4 nitrogen and oxygen atoms in total. The minimum absolute atomic E-state index is 0.0124. The highest BCUT2D eigenvalue weighted by atomic mass is 19.4. The van der Waals surface area contributed by atoms with E-state index in [1.807, 2.05) is 0 Å². The summed E-state index contributed by atoms with van der Waals surface area (Å²) < 4.78 is 56.0. The molecular weight excluding hydrogens is 422 g/mol. The second kappa shape index (κ2) is 7.32. The Balaban J connectivity index is 1.76. The van der Waals surface area contributed by atoms with Crippen LogP contribution in [0.3, 0.4) is 0 Å². The Morgan fingerprint density at radius 2 is 1.78 bits per heavy atom. The lowest BCUT2D eigenvalue weighted by molar-refractivity contribution is -0.137. The first-order chi connectivity index (χ1) is 15.3. The number of halogens is 4. The van der Waals surface area contributed by atoms with Crippen molar-refractivity contribution in [2.45, 2.75) is 38.3 Å². The topological polar surface area (TPSA) is 46.9 Å². The number of aryl methyl sites for hydroxylation is 1. The second-order valence-electron chi connectivity index (χ2n) is 8.05. The van der Waals surface area contributed by atoms with Crippen LogP contribution in [0.2, 0.25) is 0 Å². The highest BCUT2D eigenvalue weighted by Crippen LogP contribution is 2.48. The van der Waals surface area contributed by atoms with Crippen LogP contribution in [0.4, 0.5) is 23.4 Å². The number of anilines is 1. The van der Waals surface area contributed by atoms with E-state index in [0.29, 0.717) is 53.2 Å². The summed E-state index contributed by atoms with van der Waals surface area (Å²) in [4.78, 5) is 12.9. The maximum atomic E-state index is 13.7. The Morgan fingerprint density at radius 3 is 2.50 bits per heavy atom. The van der Waals surface area contributed by atoms with E-state index in [1.165, 1.54) is 35.0 Å². The van der Waals surface area contributed by atoms with E-state index in [1.54, 1.807) is 19.1 Å². The number of nitrogens with one attached hydrogen (secondary N) is 1. The maximum Gasteiger partial charge on any atom is 0.418 e. The van der Waals surface area contributed by atoms with Crippen LogP contribution in [-0.2, 0) is 11.0 Å². The first kappa shape index (κ1) is 20.5. The van der Waals surface area contributed by atoms with Gasteiger partial charge in [0.1, 0.15) is 11.6 Å². The minimum Gasteiger partial charge on any atom is -0.343 e. The molecule has 0 bridgehead atoms.